The molecule has 2 rings (SSSR count). The Balaban J connectivity index is 0.00000200. The molecular weight excluding hydrogens is 272 g/mol. The summed E-state index contributed by atoms with van der Waals surface area (Å²) >= 11 is 0. The third-order valence-corrected chi connectivity index (χ3v) is 4.14. The van der Waals surface area contributed by atoms with Gasteiger partial charge in [0.2, 0.25) is 5.91 Å². The van der Waals surface area contributed by atoms with E-state index >= 15 is 0 Å². The van der Waals surface area contributed by atoms with E-state index in [-0.39, 0.29) is 18.3 Å². The first kappa shape index (κ1) is 17.0. The second kappa shape index (κ2) is 7.65. The van der Waals surface area contributed by atoms with E-state index in [0.29, 0.717) is 12.5 Å². The average Bonchev–Trinajstić information content (AvgIpc) is 2.46. The first-order valence-corrected chi connectivity index (χ1v) is 7.24. The Hall–Kier alpha value is -1.06. The van der Waals surface area contributed by atoms with Gasteiger partial charge in [-0.05, 0) is 24.3 Å². The largest absolute Gasteiger partial charge is 0.354 e. The van der Waals surface area contributed by atoms with Crippen LogP contribution >= 0.6 is 12.4 Å². The molecule has 1 aliphatic carbocycles. The molecule has 0 heterocycles. The molecule has 0 saturated heterocycles. The predicted octanol–water partition coefficient (Wildman–Crippen LogP) is 2.99. The number of rotatable bonds is 4. The molecule has 1 unspecified atom stereocenters. The van der Waals surface area contributed by atoms with Crippen molar-refractivity contribution >= 4 is 18.3 Å². The van der Waals surface area contributed by atoms with Crippen LogP contribution in [0.3, 0.4) is 0 Å². The molecule has 1 aromatic carbocycles. The molecule has 0 spiro atoms. The van der Waals surface area contributed by atoms with E-state index in [2.05, 4.69) is 24.4 Å². The number of carbonyl (C=O) groups excluding carboxylic acids is 1. The van der Waals surface area contributed by atoms with Crippen LogP contribution in [0.2, 0.25) is 0 Å². The number of benzene rings is 1. The van der Waals surface area contributed by atoms with Crippen LogP contribution in [0, 0.1) is 0 Å². The van der Waals surface area contributed by atoms with Gasteiger partial charge in [0, 0.05) is 6.54 Å². The van der Waals surface area contributed by atoms with Crippen molar-refractivity contribution in [1.29, 1.82) is 0 Å². The van der Waals surface area contributed by atoms with Crippen LogP contribution in [-0.2, 0) is 4.79 Å². The Morgan fingerprint density at radius 2 is 1.85 bits per heavy atom. The fourth-order valence-electron chi connectivity index (χ4n) is 2.73. The van der Waals surface area contributed by atoms with E-state index in [9.17, 15) is 4.79 Å². The highest BCUT2D eigenvalue weighted by Crippen LogP contribution is 2.26. The Labute approximate surface area is 127 Å². The smallest absolute Gasteiger partial charge is 0.240 e. The SMILES string of the molecule is CC(CNC(=O)C1(N)CCCCC1)c1ccccc1.Cl. The summed E-state index contributed by atoms with van der Waals surface area (Å²) in [5.41, 5.74) is 6.83. The van der Waals surface area contributed by atoms with Gasteiger partial charge in [-0.25, -0.2) is 0 Å². The molecule has 4 heteroatoms. The lowest BCUT2D eigenvalue weighted by Gasteiger charge is -2.32. The molecule has 1 fully saturated rings. The highest BCUT2D eigenvalue weighted by molar-refractivity contribution is 5.86. The molecule has 1 aromatic rings. The molecule has 0 bridgehead atoms. The Morgan fingerprint density at radius 1 is 1.25 bits per heavy atom. The summed E-state index contributed by atoms with van der Waals surface area (Å²) in [5, 5.41) is 3.03. The van der Waals surface area contributed by atoms with Crippen molar-refractivity contribution in [2.24, 2.45) is 5.73 Å². The summed E-state index contributed by atoms with van der Waals surface area (Å²) in [6, 6.07) is 10.2. The van der Waals surface area contributed by atoms with Gasteiger partial charge >= 0.3 is 0 Å². The molecule has 1 aliphatic rings. The highest BCUT2D eigenvalue weighted by Gasteiger charge is 2.35. The maximum atomic E-state index is 12.2. The molecule has 0 aliphatic heterocycles. The molecule has 1 atom stereocenters. The molecule has 0 aromatic heterocycles. The van der Waals surface area contributed by atoms with Crippen molar-refractivity contribution in [2.45, 2.75) is 50.5 Å². The summed E-state index contributed by atoms with van der Waals surface area (Å²) in [6.07, 6.45) is 4.97. The molecule has 112 valence electrons. The van der Waals surface area contributed by atoms with Crippen LogP contribution in [0.25, 0.3) is 0 Å². The number of halogens is 1. The van der Waals surface area contributed by atoms with E-state index in [4.69, 9.17) is 5.73 Å². The molecule has 20 heavy (non-hydrogen) atoms. The van der Waals surface area contributed by atoms with Crippen molar-refractivity contribution in [3.8, 4) is 0 Å². The Morgan fingerprint density at radius 3 is 2.45 bits per heavy atom. The van der Waals surface area contributed by atoms with Crippen LogP contribution < -0.4 is 11.1 Å². The minimum atomic E-state index is -0.630. The number of hydrogen-bond acceptors (Lipinski definition) is 2. The van der Waals surface area contributed by atoms with E-state index in [1.807, 2.05) is 18.2 Å². The van der Waals surface area contributed by atoms with Gasteiger partial charge < -0.3 is 11.1 Å². The van der Waals surface area contributed by atoms with Gasteiger partial charge in [0.05, 0.1) is 5.54 Å². The molecular formula is C16H25ClN2O. The van der Waals surface area contributed by atoms with Gasteiger partial charge in [-0.3, -0.25) is 4.79 Å². The van der Waals surface area contributed by atoms with Crippen LogP contribution in [0.15, 0.2) is 30.3 Å². The predicted molar refractivity (Wildman–Crippen MR) is 85.1 cm³/mol. The van der Waals surface area contributed by atoms with Crippen molar-refractivity contribution in [3.63, 3.8) is 0 Å². The molecule has 1 saturated carbocycles. The monoisotopic (exact) mass is 296 g/mol. The van der Waals surface area contributed by atoms with Crippen LogP contribution in [0.1, 0.15) is 50.5 Å². The maximum Gasteiger partial charge on any atom is 0.240 e. The van der Waals surface area contributed by atoms with Gasteiger partial charge in [0.1, 0.15) is 0 Å². The van der Waals surface area contributed by atoms with E-state index in [0.717, 1.165) is 25.7 Å². The maximum absolute atomic E-state index is 12.2. The molecule has 1 amide bonds. The zero-order chi connectivity index (χ0) is 13.7. The van der Waals surface area contributed by atoms with Crippen molar-refractivity contribution in [2.75, 3.05) is 6.54 Å². The van der Waals surface area contributed by atoms with E-state index in [1.54, 1.807) is 0 Å². The third kappa shape index (κ3) is 4.22. The topological polar surface area (TPSA) is 55.1 Å². The average molecular weight is 297 g/mol. The van der Waals surface area contributed by atoms with Crippen molar-refractivity contribution in [3.05, 3.63) is 35.9 Å². The number of amides is 1. The quantitative estimate of drug-likeness (QED) is 0.897. The number of carbonyl (C=O) groups is 1. The van der Waals surface area contributed by atoms with Gasteiger partial charge in [-0.15, -0.1) is 12.4 Å². The van der Waals surface area contributed by atoms with Gasteiger partial charge in [-0.1, -0.05) is 56.5 Å². The minimum absolute atomic E-state index is 0. The number of nitrogens with one attached hydrogen (secondary N) is 1. The third-order valence-electron chi connectivity index (χ3n) is 4.14. The zero-order valence-corrected chi connectivity index (χ0v) is 12.9. The summed E-state index contributed by atoms with van der Waals surface area (Å²) in [7, 11) is 0. The van der Waals surface area contributed by atoms with Gasteiger partial charge in [0.25, 0.3) is 0 Å². The standard InChI is InChI=1S/C16H24N2O.ClH/c1-13(14-8-4-2-5-9-14)12-18-15(19)16(17)10-6-3-7-11-16;/h2,4-5,8-9,13H,3,6-7,10-12,17H2,1H3,(H,18,19);1H. The van der Waals surface area contributed by atoms with Crippen LogP contribution in [0.5, 0.6) is 0 Å². The van der Waals surface area contributed by atoms with Crippen molar-refractivity contribution < 1.29 is 4.79 Å². The Bertz CT molecular complexity index is 416. The Kier molecular flexibility index (Phi) is 6.50. The lowest BCUT2D eigenvalue weighted by molar-refractivity contribution is -0.127. The molecule has 3 nitrogen and oxygen atoms in total. The zero-order valence-electron chi connectivity index (χ0n) is 12.1. The normalized spacial score (nSPS) is 18.7. The molecule has 3 N–H and O–H groups in total. The lowest BCUT2D eigenvalue weighted by Crippen LogP contribution is -2.55. The van der Waals surface area contributed by atoms with Gasteiger partial charge in [-0.2, -0.15) is 0 Å². The van der Waals surface area contributed by atoms with E-state index in [1.165, 1.54) is 12.0 Å². The van der Waals surface area contributed by atoms with Crippen LogP contribution in [-0.4, -0.2) is 18.0 Å². The molecule has 0 radical (unpaired) electrons. The number of nitrogens with two attached hydrogens (primary N) is 1. The number of hydrogen-bond donors (Lipinski definition) is 2. The lowest BCUT2D eigenvalue weighted by atomic mass is 9.82. The summed E-state index contributed by atoms with van der Waals surface area (Å²) in [6.45, 7) is 2.78. The first-order chi connectivity index (χ1) is 9.12. The fourth-order valence-corrected chi connectivity index (χ4v) is 2.73. The fraction of sp³-hybridized carbons (Fsp3) is 0.562. The second-order valence-corrected chi connectivity index (χ2v) is 5.74. The van der Waals surface area contributed by atoms with Crippen LogP contribution in [0.4, 0.5) is 0 Å². The summed E-state index contributed by atoms with van der Waals surface area (Å²) in [5.74, 6) is 0.340. The minimum Gasteiger partial charge on any atom is -0.354 e. The highest BCUT2D eigenvalue weighted by atomic mass is 35.5. The summed E-state index contributed by atoms with van der Waals surface area (Å²) in [4.78, 5) is 12.2. The first-order valence-electron chi connectivity index (χ1n) is 7.24. The second-order valence-electron chi connectivity index (χ2n) is 5.74. The summed E-state index contributed by atoms with van der Waals surface area (Å²) < 4.78 is 0. The van der Waals surface area contributed by atoms with Crippen molar-refractivity contribution in [1.82, 2.24) is 5.32 Å². The van der Waals surface area contributed by atoms with E-state index < -0.39 is 5.54 Å². The van der Waals surface area contributed by atoms with Gasteiger partial charge in [0.15, 0.2) is 0 Å².